The lowest BCUT2D eigenvalue weighted by Crippen LogP contribution is -2.55. The number of hydrogen-bond donors (Lipinski definition) is 1. The maximum Gasteiger partial charge on any atom is 0.217 e. The van der Waals surface area contributed by atoms with Gasteiger partial charge in [0.05, 0.1) is 25.8 Å². The highest BCUT2D eigenvalue weighted by Gasteiger charge is 2.37. The molecule has 0 aromatic rings. The first-order valence-electron chi connectivity index (χ1n) is 11.4. The average Bonchev–Trinajstić information content (AvgIpc) is 3.05. The lowest BCUT2D eigenvalue weighted by molar-refractivity contribution is -0.935. The standard InChI is InChI=1S/C23H43N3O/c1-4-6-7-8-9-10-11-12-13-14-15-16-17-23-25-19-21-26(23,5-2)20-18-24-22(3)27/h6-7,19,23H,4-5,8-18,20-21H2,1-3H3/p+1/b7-6+. The van der Waals surface area contributed by atoms with Crippen molar-refractivity contribution in [1.82, 2.24) is 5.32 Å². The van der Waals surface area contributed by atoms with E-state index in [1.807, 2.05) is 0 Å². The molecule has 2 unspecified atom stereocenters. The van der Waals surface area contributed by atoms with Gasteiger partial charge in [0.25, 0.3) is 0 Å². The maximum absolute atomic E-state index is 11.1. The molecule has 0 aromatic heterocycles. The predicted octanol–water partition coefficient (Wildman–Crippen LogP) is 5.24. The van der Waals surface area contributed by atoms with E-state index in [0.29, 0.717) is 6.17 Å². The van der Waals surface area contributed by atoms with Crippen LogP contribution < -0.4 is 5.32 Å². The highest BCUT2D eigenvalue weighted by atomic mass is 16.1. The molecular formula is C23H44N3O+. The molecule has 0 fully saturated rings. The quantitative estimate of drug-likeness (QED) is 0.223. The van der Waals surface area contributed by atoms with Gasteiger partial charge >= 0.3 is 0 Å². The third kappa shape index (κ3) is 10.1. The summed E-state index contributed by atoms with van der Waals surface area (Å²) in [6.07, 6.45) is 21.6. The number of quaternary nitrogens is 1. The van der Waals surface area contributed by atoms with Gasteiger partial charge in [0.15, 0.2) is 6.17 Å². The summed E-state index contributed by atoms with van der Waals surface area (Å²) in [6, 6.07) is 0. The SMILES string of the molecule is CC/C=C/CCCCCCCCCCC1N=CC[N+]1(CC)CCNC(C)=O. The molecule has 1 amide bonds. The van der Waals surface area contributed by atoms with Gasteiger partial charge in [0, 0.05) is 13.3 Å². The Morgan fingerprint density at radius 1 is 1.07 bits per heavy atom. The van der Waals surface area contributed by atoms with Gasteiger partial charge in [-0.05, 0) is 32.6 Å². The number of carbonyl (C=O) groups excluding carboxylic acids is 1. The first-order chi connectivity index (χ1) is 13.1. The molecule has 0 spiro atoms. The fourth-order valence-electron chi connectivity index (χ4n) is 4.07. The third-order valence-electron chi connectivity index (χ3n) is 5.90. The zero-order chi connectivity index (χ0) is 19.8. The topological polar surface area (TPSA) is 41.5 Å². The van der Waals surface area contributed by atoms with Gasteiger partial charge in [-0.1, -0.05) is 57.6 Å². The van der Waals surface area contributed by atoms with Crippen molar-refractivity contribution < 1.29 is 9.28 Å². The summed E-state index contributed by atoms with van der Waals surface area (Å²) in [5.41, 5.74) is 0. The van der Waals surface area contributed by atoms with E-state index in [1.54, 1.807) is 6.92 Å². The van der Waals surface area contributed by atoms with Crippen LogP contribution in [0.4, 0.5) is 0 Å². The molecule has 1 aliphatic rings. The molecule has 0 aliphatic carbocycles. The highest BCUT2D eigenvalue weighted by Crippen LogP contribution is 2.24. The van der Waals surface area contributed by atoms with Crippen LogP contribution in [0.5, 0.6) is 0 Å². The molecule has 4 heteroatoms. The predicted molar refractivity (Wildman–Crippen MR) is 117 cm³/mol. The van der Waals surface area contributed by atoms with E-state index >= 15 is 0 Å². The summed E-state index contributed by atoms with van der Waals surface area (Å²) in [6.45, 7) is 9.92. The van der Waals surface area contributed by atoms with Gasteiger partial charge in [0.1, 0.15) is 6.54 Å². The minimum atomic E-state index is 0.0679. The molecule has 1 heterocycles. The van der Waals surface area contributed by atoms with Crippen LogP contribution in [0.25, 0.3) is 0 Å². The van der Waals surface area contributed by atoms with E-state index in [1.165, 1.54) is 70.6 Å². The van der Waals surface area contributed by atoms with Crippen LogP contribution >= 0.6 is 0 Å². The van der Waals surface area contributed by atoms with Gasteiger partial charge in [-0.2, -0.15) is 0 Å². The summed E-state index contributed by atoms with van der Waals surface area (Å²) >= 11 is 0. The number of nitrogens with zero attached hydrogens (tertiary/aromatic N) is 2. The Hall–Kier alpha value is -1.16. The van der Waals surface area contributed by atoms with Crippen molar-refractivity contribution >= 4 is 12.1 Å². The lowest BCUT2D eigenvalue weighted by Gasteiger charge is -2.38. The summed E-state index contributed by atoms with van der Waals surface area (Å²) in [4.78, 5) is 15.9. The normalized spacial score (nSPS) is 22.0. The zero-order valence-electron chi connectivity index (χ0n) is 18.2. The number of unbranched alkanes of at least 4 members (excludes halogenated alkanes) is 8. The highest BCUT2D eigenvalue weighted by molar-refractivity contribution is 5.72. The van der Waals surface area contributed by atoms with E-state index in [9.17, 15) is 4.79 Å². The number of allylic oxidation sites excluding steroid dienone is 2. The molecule has 0 saturated heterocycles. The maximum atomic E-state index is 11.1. The third-order valence-corrected chi connectivity index (χ3v) is 5.90. The molecule has 0 radical (unpaired) electrons. The van der Waals surface area contributed by atoms with Gasteiger partial charge in [-0.25, -0.2) is 4.99 Å². The van der Waals surface area contributed by atoms with Crippen LogP contribution in [0.15, 0.2) is 17.1 Å². The van der Waals surface area contributed by atoms with Gasteiger partial charge in [0.2, 0.25) is 5.91 Å². The van der Waals surface area contributed by atoms with Gasteiger partial charge < -0.3 is 5.32 Å². The van der Waals surface area contributed by atoms with Crippen LogP contribution in [0.1, 0.15) is 91.4 Å². The minimum absolute atomic E-state index is 0.0679. The number of amides is 1. The van der Waals surface area contributed by atoms with Gasteiger partial charge in [-0.15, -0.1) is 0 Å². The molecule has 4 nitrogen and oxygen atoms in total. The van der Waals surface area contributed by atoms with Crippen LogP contribution in [0.2, 0.25) is 0 Å². The summed E-state index contributed by atoms with van der Waals surface area (Å²) in [5.74, 6) is 0.0679. The number of carbonyl (C=O) groups is 1. The van der Waals surface area contributed by atoms with Gasteiger partial charge in [-0.3, -0.25) is 9.28 Å². The molecule has 1 N–H and O–H groups in total. The fraction of sp³-hybridized carbons (Fsp3) is 0.826. The minimum Gasteiger partial charge on any atom is -0.351 e. The number of rotatable bonds is 16. The van der Waals surface area contributed by atoms with Crippen LogP contribution in [-0.4, -0.2) is 48.9 Å². The number of aliphatic imine (C=N–C) groups is 1. The molecule has 1 aliphatic heterocycles. The second-order valence-electron chi connectivity index (χ2n) is 8.02. The smallest absolute Gasteiger partial charge is 0.217 e. The molecule has 0 bridgehead atoms. The Morgan fingerprint density at radius 3 is 2.37 bits per heavy atom. The zero-order valence-corrected chi connectivity index (χ0v) is 18.2. The largest absolute Gasteiger partial charge is 0.351 e. The molecule has 1 rings (SSSR count). The molecule has 0 aromatic carbocycles. The Balaban J connectivity index is 2.08. The van der Waals surface area contributed by atoms with E-state index < -0.39 is 0 Å². The monoisotopic (exact) mass is 378 g/mol. The molecule has 27 heavy (non-hydrogen) atoms. The Labute approximate surface area is 168 Å². The van der Waals surface area contributed by atoms with E-state index in [0.717, 1.165) is 30.7 Å². The number of likely N-dealkylation sites (N-methyl/N-ethyl adjacent to an activating group) is 1. The van der Waals surface area contributed by atoms with Crippen molar-refractivity contribution in [2.24, 2.45) is 4.99 Å². The first-order valence-corrected chi connectivity index (χ1v) is 11.4. The summed E-state index contributed by atoms with van der Waals surface area (Å²) < 4.78 is 1.02. The van der Waals surface area contributed by atoms with Crippen molar-refractivity contribution in [2.75, 3.05) is 26.2 Å². The Bertz CT molecular complexity index is 447. The van der Waals surface area contributed by atoms with E-state index in [-0.39, 0.29) is 5.91 Å². The molecular weight excluding hydrogens is 334 g/mol. The molecule has 0 saturated carbocycles. The summed E-state index contributed by atoms with van der Waals surface area (Å²) in [7, 11) is 0. The van der Waals surface area contributed by atoms with E-state index in [2.05, 4.69) is 37.5 Å². The second kappa shape index (κ2) is 14.8. The fourth-order valence-corrected chi connectivity index (χ4v) is 4.07. The number of hydrogen-bond acceptors (Lipinski definition) is 2. The Morgan fingerprint density at radius 2 is 1.74 bits per heavy atom. The van der Waals surface area contributed by atoms with Crippen LogP contribution in [0.3, 0.4) is 0 Å². The lowest BCUT2D eigenvalue weighted by atomic mass is 10.0. The van der Waals surface area contributed by atoms with Crippen molar-refractivity contribution in [3.8, 4) is 0 Å². The first kappa shape index (κ1) is 23.9. The number of nitrogens with one attached hydrogen (secondary N) is 1. The van der Waals surface area contributed by atoms with Crippen molar-refractivity contribution in [1.29, 1.82) is 0 Å². The average molecular weight is 379 g/mol. The summed E-state index contributed by atoms with van der Waals surface area (Å²) in [5, 5.41) is 2.95. The van der Waals surface area contributed by atoms with Crippen molar-refractivity contribution in [3.05, 3.63) is 12.2 Å². The van der Waals surface area contributed by atoms with Crippen molar-refractivity contribution in [2.45, 2.75) is 97.6 Å². The van der Waals surface area contributed by atoms with Crippen LogP contribution in [-0.2, 0) is 4.79 Å². The van der Waals surface area contributed by atoms with E-state index in [4.69, 9.17) is 4.99 Å². The molecule has 2 atom stereocenters. The Kier molecular flexibility index (Phi) is 13.1. The van der Waals surface area contributed by atoms with Crippen molar-refractivity contribution in [3.63, 3.8) is 0 Å². The molecule has 156 valence electrons. The van der Waals surface area contributed by atoms with Crippen LogP contribution in [0, 0.1) is 0 Å². The second-order valence-corrected chi connectivity index (χ2v) is 8.02.